The quantitative estimate of drug-likeness (QED) is 0.577. The van der Waals surface area contributed by atoms with Gasteiger partial charge in [-0.05, 0) is 50.6 Å². The van der Waals surface area contributed by atoms with Gasteiger partial charge in [-0.3, -0.25) is 5.32 Å². The minimum Gasteiger partial charge on any atom is -0.438 e. The molecule has 0 aliphatic carbocycles. The van der Waals surface area contributed by atoms with Gasteiger partial charge in [-0.25, -0.2) is 4.79 Å². The van der Waals surface area contributed by atoms with Gasteiger partial charge in [0.2, 0.25) is 0 Å². The van der Waals surface area contributed by atoms with Gasteiger partial charge in [0, 0.05) is 10.0 Å². The minimum absolute atomic E-state index is 0.490. The maximum Gasteiger partial charge on any atom is 0.412 e. The van der Waals surface area contributed by atoms with Crippen molar-refractivity contribution in [1.82, 2.24) is 5.16 Å². The summed E-state index contributed by atoms with van der Waals surface area (Å²) in [6, 6.07) is 17.1. The largest absolute Gasteiger partial charge is 0.438 e. The van der Waals surface area contributed by atoms with Gasteiger partial charge in [0.15, 0.2) is 5.76 Å². The molecule has 1 heterocycles. The average Bonchev–Trinajstić information content (AvgIpc) is 2.96. The van der Waals surface area contributed by atoms with Crippen LogP contribution in [0.2, 0.25) is 0 Å². The van der Waals surface area contributed by atoms with Crippen molar-refractivity contribution in [2.45, 2.75) is 26.4 Å². The average molecular weight is 415 g/mol. The SMILES string of the molecule is Cc1noc(-c2ccc(Br)cc2)c1NC(=O)OC(C)(C)c1ccccc1. The molecule has 0 atom stereocenters. The summed E-state index contributed by atoms with van der Waals surface area (Å²) >= 11 is 3.40. The van der Waals surface area contributed by atoms with Crippen LogP contribution in [-0.2, 0) is 10.3 Å². The lowest BCUT2D eigenvalue weighted by atomic mass is 9.98. The molecule has 0 spiro atoms. The number of aryl methyl sites for hydroxylation is 1. The van der Waals surface area contributed by atoms with Crippen LogP contribution in [0.3, 0.4) is 0 Å². The highest BCUT2D eigenvalue weighted by atomic mass is 79.9. The van der Waals surface area contributed by atoms with Gasteiger partial charge in [-0.1, -0.05) is 51.4 Å². The molecule has 0 aliphatic heterocycles. The van der Waals surface area contributed by atoms with Crippen molar-refractivity contribution in [2.75, 3.05) is 5.32 Å². The third-order valence-corrected chi connectivity index (χ3v) is 4.54. The van der Waals surface area contributed by atoms with E-state index < -0.39 is 11.7 Å². The van der Waals surface area contributed by atoms with Crippen LogP contribution in [0.15, 0.2) is 63.6 Å². The van der Waals surface area contributed by atoms with Crippen LogP contribution in [0, 0.1) is 6.92 Å². The number of amides is 1. The minimum atomic E-state index is -0.770. The molecule has 134 valence electrons. The van der Waals surface area contributed by atoms with Gasteiger partial charge in [0.05, 0.1) is 0 Å². The summed E-state index contributed by atoms with van der Waals surface area (Å²) in [7, 11) is 0. The van der Waals surface area contributed by atoms with Gasteiger partial charge >= 0.3 is 6.09 Å². The molecule has 0 saturated heterocycles. The summed E-state index contributed by atoms with van der Waals surface area (Å²) in [6.45, 7) is 5.46. The lowest BCUT2D eigenvalue weighted by Gasteiger charge is -2.25. The standard InChI is InChI=1S/C20H19BrN2O3/c1-13-17(18(26-23-13)14-9-11-16(21)12-10-14)22-19(24)25-20(2,3)15-7-5-4-6-8-15/h4-12H,1-3H3,(H,22,24). The number of nitrogens with one attached hydrogen (secondary N) is 1. The van der Waals surface area contributed by atoms with Gasteiger partial charge in [-0.2, -0.15) is 0 Å². The molecule has 6 heteroatoms. The number of aromatic nitrogens is 1. The van der Waals surface area contributed by atoms with Crippen molar-refractivity contribution in [3.8, 4) is 11.3 Å². The van der Waals surface area contributed by atoms with E-state index in [2.05, 4.69) is 26.4 Å². The number of hydrogen-bond donors (Lipinski definition) is 1. The van der Waals surface area contributed by atoms with Crippen LogP contribution in [0.1, 0.15) is 25.1 Å². The predicted octanol–water partition coefficient (Wildman–Crippen LogP) is 5.90. The zero-order valence-electron chi connectivity index (χ0n) is 14.7. The first-order valence-corrected chi connectivity index (χ1v) is 8.94. The Balaban J connectivity index is 1.80. The van der Waals surface area contributed by atoms with E-state index in [0.29, 0.717) is 17.1 Å². The van der Waals surface area contributed by atoms with Crippen molar-refractivity contribution in [1.29, 1.82) is 0 Å². The second-order valence-electron chi connectivity index (χ2n) is 6.37. The Hall–Kier alpha value is -2.60. The fraction of sp³-hybridized carbons (Fsp3) is 0.200. The molecule has 0 fully saturated rings. The molecular weight excluding hydrogens is 396 g/mol. The fourth-order valence-corrected chi connectivity index (χ4v) is 2.84. The third-order valence-electron chi connectivity index (χ3n) is 4.01. The topological polar surface area (TPSA) is 64.4 Å². The highest BCUT2D eigenvalue weighted by Gasteiger charge is 2.27. The molecule has 0 radical (unpaired) electrons. The highest BCUT2D eigenvalue weighted by Crippen LogP contribution is 2.32. The second kappa shape index (κ2) is 7.33. The summed E-state index contributed by atoms with van der Waals surface area (Å²) in [6.07, 6.45) is -0.566. The summed E-state index contributed by atoms with van der Waals surface area (Å²) in [5, 5.41) is 6.73. The van der Waals surface area contributed by atoms with Crippen molar-refractivity contribution in [2.24, 2.45) is 0 Å². The van der Waals surface area contributed by atoms with Crippen molar-refractivity contribution in [3.63, 3.8) is 0 Å². The summed E-state index contributed by atoms with van der Waals surface area (Å²) in [5.41, 5.74) is 2.03. The van der Waals surface area contributed by atoms with Crippen molar-refractivity contribution < 1.29 is 14.1 Å². The zero-order valence-corrected chi connectivity index (χ0v) is 16.3. The third kappa shape index (κ3) is 3.96. The summed E-state index contributed by atoms with van der Waals surface area (Å²) in [4.78, 5) is 12.5. The molecule has 0 aliphatic rings. The zero-order chi connectivity index (χ0) is 18.7. The van der Waals surface area contributed by atoms with Gasteiger partial charge in [0.25, 0.3) is 0 Å². The Morgan fingerprint density at radius 2 is 1.77 bits per heavy atom. The maximum atomic E-state index is 12.5. The first kappa shape index (κ1) is 18.2. The molecule has 0 bridgehead atoms. The van der Waals surface area contributed by atoms with Crippen LogP contribution < -0.4 is 5.32 Å². The molecule has 5 nitrogen and oxygen atoms in total. The summed E-state index contributed by atoms with van der Waals surface area (Å²) < 4.78 is 12.0. The van der Waals surface area contributed by atoms with Crippen LogP contribution in [0.4, 0.5) is 10.5 Å². The lowest BCUT2D eigenvalue weighted by Crippen LogP contribution is -2.28. The lowest BCUT2D eigenvalue weighted by molar-refractivity contribution is 0.0466. The monoisotopic (exact) mass is 414 g/mol. The number of hydrogen-bond acceptors (Lipinski definition) is 4. The Morgan fingerprint density at radius 1 is 1.12 bits per heavy atom. The number of anilines is 1. The van der Waals surface area contributed by atoms with E-state index in [9.17, 15) is 4.79 Å². The molecule has 0 unspecified atom stereocenters. The number of rotatable bonds is 4. The number of halogens is 1. The predicted molar refractivity (Wildman–Crippen MR) is 104 cm³/mol. The molecule has 3 aromatic rings. The number of carbonyl (C=O) groups excluding carboxylic acids is 1. The number of benzene rings is 2. The molecule has 26 heavy (non-hydrogen) atoms. The Morgan fingerprint density at radius 3 is 2.42 bits per heavy atom. The second-order valence-corrected chi connectivity index (χ2v) is 7.29. The van der Waals surface area contributed by atoms with E-state index in [0.717, 1.165) is 15.6 Å². The van der Waals surface area contributed by atoms with Gasteiger partial charge in [0.1, 0.15) is 17.0 Å². The number of carbonyl (C=O) groups is 1. The number of ether oxygens (including phenoxy) is 1. The summed E-state index contributed by atoms with van der Waals surface area (Å²) in [5.74, 6) is 0.490. The smallest absolute Gasteiger partial charge is 0.412 e. The van der Waals surface area contributed by atoms with Gasteiger partial charge < -0.3 is 9.26 Å². The molecular formula is C20H19BrN2O3. The molecule has 1 aromatic heterocycles. The van der Waals surface area contributed by atoms with Crippen LogP contribution >= 0.6 is 15.9 Å². The maximum absolute atomic E-state index is 12.5. The van der Waals surface area contributed by atoms with E-state index in [1.54, 1.807) is 6.92 Å². The Bertz CT molecular complexity index is 903. The fourth-order valence-electron chi connectivity index (χ4n) is 2.57. The normalized spacial score (nSPS) is 11.2. The molecule has 1 N–H and O–H groups in total. The van der Waals surface area contributed by atoms with E-state index in [1.807, 2.05) is 68.4 Å². The van der Waals surface area contributed by atoms with E-state index in [-0.39, 0.29) is 0 Å². The van der Waals surface area contributed by atoms with Crippen LogP contribution in [0.5, 0.6) is 0 Å². The first-order chi connectivity index (χ1) is 12.4. The molecule has 3 rings (SSSR count). The van der Waals surface area contributed by atoms with E-state index >= 15 is 0 Å². The highest BCUT2D eigenvalue weighted by molar-refractivity contribution is 9.10. The van der Waals surface area contributed by atoms with E-state index in [4.69, 9.17) is 9.26 Å². The van der Waals surface area contributed by atoms with Crippen molar-refractivity contribution >= 4 is 27.7 Å². The van der Waals surface area contributed by atoms with E-state index in [1.165, 1.54) is 0 Å². The number of nitrogens with zero attached hydrogens (tertiary/aromatic N) is 1. The van der Waals surface area contributed by atoms with Crippen LogP contribution in [-0.4, -0.2) is 11.2 Å². The van der Waals surface area contributed by atoms with Gasteiger partial charge in [-0.15, -0.1) is 0 Å². The molecule has 0 saturated carbocycles. The van der Waals surface area contributed by atoms with Crippen molar-refractivity contribution in [3.05, 3.63) is 70.3 Å². The Labute approximate surface area is 160 Å². The Kier molecular flexibility index (Phi) is 5.13. The van der Waals surface area contributed by atoms with Crippen LogP contribution in [0.25, 0.3) is 11.3 Å². The molecule has 2 aromatic carbocycles. The first-order valence-electron chi connectivity index (χ1n) is 8.14. The molecule has 1 amide bonds.